The highest BCUT2D eigenvalue weighted by atomic mass is 79.9. The van der Waals surface area contributed by atoms with Crippen LogP contribution in [0.25, 0.3) is 0 Å². The van der Waals surface area contributed by atoms with Gasteiger partial charge in [-0.3, -0.25) is 10.0 Å². The second-order valence-corrected chi connectivity index (χ2v) is 9.19. The SMILES string of the molecule is CN(/N=C/c1n(C)cc[n+]1CCCCC[n+]1ccn(C)c1/C=N/N(C)c1ccccc1)c1ccccc1.[Br-].[Br-]. The predicted molar refractivity (Wildman–Crippen MR) is 150 cm³/mol. The summed E-state index contributed by atoms with van der Waals surface area (Å²) in [7, 11) is 8.06. The molecule has 0 bridgehead atoms. The minimum absolute atomic E-state index is 0. The van der Waals surface area contributed by atoms with Gasteiger partial charge in [-0.1, -0.05) is 36.4 Å². The maximum atomic E-state index is 4.65. The van der Waals surface area contributed by atoms with Crippen molar-refractivity contribution < 1.29 is 43.1 Å². The molecule has 2 aromatic carbocycles. The first-order valence-corrected chi connectivity index (χ1v) is 12.8. The lowest BCUT2D eigenvalue weighted by molar-refractivity contribution is -0.701. The first kappa shape index (κ1) is 32.0. The molecule has 0 spiro atoms. The van der Waals surface area contributed by atoms with Crippen molar-refractivity contribution in [2.75, 3.05) is 24.1 Å². The smallest absolute Gasteiger partial charge is 0.301 e. The zero-order valence-corrected chi connectivity index (χ0v) is 26.3. The third kappa shape index (κ3) is 8.90. The van der Waals surface area contributed by atoms with E-state index in [1.165, 1.54) is 0 Å². The number of aromatic nitrogens is 4. The Hall–Kier alpha value is -3.24. The number of rotatable bonds is 12. The lowest BCUT2D eigenvalue weighted by atomic mass is 10.2. The molecule has 208 valence electrons. The van der Waals surface area contributed by atoms with Gasteiger partial charge in [0.1, 0.15) is 37.2 Å². The number of nitrogens with zero attached hydrogens (tertiary/aromatic N) is 8. The van der Waals surface area contributed by atoms with Gasteiger partial charge in [-0.15, -0.1) is 0 Å². The summed E-state index contributed by atoms with van der Waals surface area (Å²) in [4.78, 5) is 0. The zero-order chi connectivity index (χ0) is 26.0. The van der Waals surface area contributed by atoms with Crippen LogP contribution in [0.5, 0.6) is 0 Å². The highest BCUT2D eigenvalue weighted by molar-refractivity contribution is 5.74. The molecule has 10 heteroatoms. The minimum Gasteiger partial charge on any atom is -1.00 e. The fourth-order valence-corrected chi connectivity index (χ4v) is 4.22. The van der Waals surface area contributed by atoms with E-state index in [0.717, 1.165) is 55.4 Å². The van der Waals surface area contributed by atoms with Crippen LogP contribution in [-0.4, -0.2) is 35.7 Å². The number of hydrazone groups is 2. The Bertz CT molecular complexity index is 1210. The first-order valence-electron chi connectivity index (χ1n) is 12.8. The summed E-state index contributed by atoms with van der Waals surface area (Å²) in [5.41, 5.74) is 2.13. The maximum absolute atomic E-state index is 4.65. The molecule has 0 fully saturated rings. The van der Waals surface area contributed by atoms with E-state index >= 15 is 0 Å². The third-order valence-corrected chi connectivity index (χ3v) is 6.50. The molecule has 0 N–H and O–H groups in total. The molecule has 4 aromatic rings. The van der Waals surface area contributed by atoms with Crippen LogP contribution >= 0.6 is 0 Å². The molecule has 2 heterocycles. The monoisotopic (exact) mass is 656 g/mol. The molecule has 0 amide bonds. The molecule has 8 nitrogen and oxygen atoms in total. The van der Waals surface area contributed by atoms with Crippen molar-refractivity contribution in [2.45, 2.75) is 32.4 Å². The number of benzene rings is 2. The maximum Gasteiger partial charge on any atom is 0.301 e. The van der Waals surface area contributed by atoms with Gasteiger partial charge in [0.25, 0.3) is 0 Å². The molecule has 0 aliphatic rings. The second kappa shape index (κ2) is 16.0. The zero-order valence-electron chi connectivity index (χ0n) is 23.1. The van der Waals surface area contributed by atoms with E-state index in [2.05, 4.69) is 91.6 Å². The standard InChI is InChI=1S/C29H38N8.2BrH/c1-32-20-22-36(28(32)24-30-34(3)26-14-8-5-9-15-26)18-12-7-13-19-37-23-21-33(2)29(37)25-31-35(4)27-16-10-6-11-17-27;;/h5-6,8-11,14-17,20-25H,7,12-13,18-19H2,1-4H3;2*1H/q+2;;/p-2. The van der Waals surface area contributed by atoms with Gasteiger partial charge < -0.3 is 34.0 Å². The molecular weight excluding hydrogens is 620 g/mol. The summed E-state index contributed by atoms with van der Waals surface area (Å²) < 4.78 is 8.77. The average Bonchev–Trinajstić information content (AvgIpc) is 3.47. The van der Waals surface area contributed by atoms with Gasteiger partial charge in [0.2, 0.25) is 0 Å². The third-order valence-electron chi connectivity index (χ3n) is 6.50. The molecule has 0 saturated carbocycles. The van der Waals surface area contributed by atoms with Gasteiger partial charge in [0, 0.05) is 14.1 Å². The van der Waals surface area contributed by atoms with Gasteiger partial charge in [0.05, 0.1) is 38.6 Å². The van der Waals surface area contributed by atoms with Crippen LogP contribution in [0, 0.1) is 0 Å². The summed E-state index contributed by atoms with van der Waals surface area (Å²) in [6.07, 6.45) is 15.7. The summed E-state index contributed by atoms with van der Waals surface area (Å²) in [6.45, 7) is 1.93. The number of unbranched alkanes of at least 4 members (excludes halogenated alkanes) is 2. The van der Waals surface area contributed by atoms with Gasteiger partial charge >= 0.3 is 11.6 Å². The molecule has 0 aliphatic heterocycles. The van der Waals surface area contributed by atoms with Gasteiger partial charge in [0.15, 0.2) is 0 Å². The van der Waals surface area contributed by atoms with E-state index in [1.54, 1.807) is 0 Å². The van der Waals surface area contributed by atoms with E-state index in [9.17, 15) is 0 Å². The van der Waals surface area contributed by atoms with E-state index in [0.29, 0.717) is 0 Å². The fourth-order valence-electron chi connectivity index (χ4n) is 4.22. The fraction of sp³-hybridized carbons (Fsp3) is 0.310. The topological polar surface area (TPSA) is 48.8 Å². The Labute approximate surface area is 253 Å². The largest absolute Gasteiger partial charge is 1.00 e. The molecular formula is C29H38Br2N8. The average molecular weight is 658 g/mol. The molecule has 0 unspecified atom stereocenters. The van der Waals surface area contributed by atoms with Crippen LogP contribution in [0.2, 0.25) is 0 Å². The van der Waals surface area contributed by atoms with Crippen molar-refractivity contribution in [1.82, 2.24) is 9.13 Å². The van der Waals surface area contributed by atoms with Crippen LogP contribution in [0.15, 0.2) is 95.7 Å². The van der Waals surface area contributed by atoms with Crippen LogP contribution in [0.3, 0.4) is 0 Å². The molecule has 0 saturated heterocycles. The molecule has 0 atom stereocenters. The van der Waals surface area contributed by atoms with E-state index in [-0.39, 0.29) is 34.0 Å². The summed E-state index contributed by atoms with van der Waals surface area (Å²) >= 11 is 0. The Balaban J connectivity index is 0.00000267. The Morgan fingerprint density at radius 1 is 0.641 bits per heavy atom. The van der Waals surface area contributed by atoms with Crippen molar-refractivity contribution in [1.29, 1.82) is 0 Å². The van der Waals surface area contributed by atoms with Gasteiger partial charge in [-0.2, -0.15) is 10.2 Å². The normalized spacial score (nSPS) is 11.0. The van der Waals surface area contributed by atoms with E-state index in [1.807, 2.05) is 72.9 Å². The number of anilines is 2. The number of para-hydroxylation sites is 2. The van der Waals surface area contributed by atoms with Gasteiger partial charge in [-0.25, -0.2) is 18.3 Å². The highest BCUT2D eigenvalue weighted by Gasteiger charge is 2.14. The van der Waals surface area contributed by atoms with E-state index < -0.39 is 0 Å². The van der Waals surface area contributed by atoms with E-state index in [4.69, 9.17) is 0 Å². The number of hydrogen-bond donors (Lipinski definition) is 0. The molecule has 4 rings (SSSR count). The van der Waals surface area contributed by atoms with Crippen molar-refractivity contribution >= 4 is 23.8 Å². The first-order chi connectivity index (χ1) is 18.0. The predicted octanol–water partition coefficient (Wildman–Crippen LogP) is -2.24. The number of aryl methyl sites for hydroxylation is 4. The molecule has 2 aromatic heterocycles. The number of hydrogen-bond acceptors (Lipinski definition) is 4. The molecule has 0 radical (unpaired) electrons. The Morgan fingerprint density at radius 2 is 1.03 bits per heavy atom. The second-order valence-electron chi connectivity index (χ2n) is 9.19. The summed E-state index contributed by atoms with van der Waals surface area (Å²) in [5.74, 6) is 2.17. The lowest BCUT2D eigenvalue weighted by Gasteiger charge is -2.11. The van der Waals surface area contributed by atoms with Crippen molar-refractivity contribution in [3.8, 4) is 0 Å². The summed E-state index contributed by atoms with van der Waals surface area (Å²) in [6, 6.07) is 20.4. The van der Waals surface area contributed by atoms with Crippen LogP contribution in [0.1, 0.15) is 30.9 Å². The molecule has 39 heavy (non-hydrogen) atoms. The van der Waals surface area contributed by atoms with Crippen LogP contribution < -0.4 is 53.1 Å². The highest BCUT2D eigenvalue weighted by Crippen LogP contribution is 2.12. The quantitative estimate of drug-likeness (QED) is 0.0749. The van der Waals surface area contributed by atoms with Crippen molar-refractivity contribution in [3.63, 3.8) is 0 Å². The Morgan fingerprint density at radius 3 is 1.41 bits per heavy atom. The Kier molecular flexibility index (Phi) is 13.1. The van der Waals surface area contributed by atoms with Crippen LogP contribution in [0.4, 0.5) is 11.4 Å². The number of imidazole rings is 2. The van der Waals surface area contributed by atoms with Gasteiger partial charge in [-0.05, 0) is 43.5 Å². The number of halogens is 2. The van der Waals surface area contributed by atoms with Crippen molar-refractivity contribution in [3.05, 3.63) is 97.1 Å². The summed E-state index contributed by atoms with van der Waals surface area (Å²) in [5, 5.41) is 13.1. The van der Waals surface area contributed by atoms with Crippen molar-refractivity contribution in [2.24, 2.45) is 24.3 Å². The lowest BCUT2D eigenvalue weighted by Crippen LogP contribution is -3.00. The minimum atomic E-state index is 0. The van der Waals surface area contributed by atoms with Crippen LogP contribution in [-0.2, 0) is 27.2 Å². The molecule has 0 aliphatic carbocycles.